The molecule has 7 nitrogen and oxygen atoms in total. The second kappa shape index (κ2) is 9.64. The van der Waals surface area contributed by atoms with Crippen molar-refractivity contribution < 1.29 is 9.59 Å². The van der Waals surface area contributed by atoms with Gasteiger partial charge in [-0.15, -0.1) is 0 Å². The maximum Gasteiger partial charge on any atom is 0.258 e. The average Bonchev–Trinajstić information content (AvgIpc) is 3.19. The van der Waals surface area contributed by atoms with Gasteiger partial charge < -0.3 is 21.3 Å². The summed E-state index contributed by atoms with van der Waals surface area (Å²) in [4.78, 5) is 28.8. The molecule has 2 amide bonds. The molecule has 35 heavy (non-hydrogen) atoms. The van der Waals surface area contributed by atoms with Crippen LogP contribution in [0.25, 0.3) is 11.3 Å². The van der Waals surface area contributed by atoms with E-state index in [1.54, 1.807) is 13.0 Å². The number of carbonyl (C=O) groups is 2. The van der Waals surface area contributed by atoms with Crippen LogP contribution >= 0.6 is 0 Å². The molecule has 0 aliphatic carbocycles. The summed E-state index contributed by atoms with van der Waals surface area (Å²) in [6.07, 6.45) is 0. The highest BCUT2D eigenvalue weighted by atomic mass is 16.2. The molecule has 3 aromatic rings. The van der Waals surface area contributed by atoms with Crippen molar-refractivity contribution in [3.63, 3.8) is 0 Å². The minimum atomic E-state index is -0.154. The first-order chi connectivity index (χ1) is 17.0. The molecule has 0 radical (unpaired) electrons. The maximum atomic E-state index is 13.0. The lowest BCUT2D eigenvalue weighted by atomic mass is 9.99. The van der Waals surface area contributed by atoms with Crippen molar-refractivity contribution in [1.29, 1.82) is 0 Å². The van der Waals surface area contributed by atoms with Crippen LogP contribution in [0.4, 0.5) is 17.1 Å². The average molecular weight is 468 g/mol. The monoisotopic (exact) mass is 467 g/mol. The van der Waals surface area contributed by atoms with E-state index in [1.807, 2.05) is 59.5 Å². The SMILES string of the molecule is CC(=O)N1CCN(Cc2ccc(N/C(=C3\C(=O)Nc4ccc(N)cc43)c3ccccc3)cc2)CC1. The zero-order valence-corrected chi connectivity index (χ0v) is 19.8. The van der Waals surface area contributed by atoms with E-state index in [2.05, 4.69) is 27.7 Å². The van der Waals surface area contributed by atoms with Crippen LogP contribution in [0.1, 0.15) is 23.6 Å². The molecule has 2 heterocycles. The van der Waals surface area contributed by atoms with E-state index in [9.17, 15) is 9.59 Å². The summed E-state index contributed by atoms with van der Waals surface area (Å²) >= 11 is 0. The number of anilines is 3. The number of fused-ring (bicyclic) bond motifs is 1. The lowest BCUT2D eigenvalue weighted by Crippen LogP contribution is -2.47. The third-order valence-corrected chi connectivity index (χ3v) is 6.55. The van der Waals surface area contributed by atoms with Crippen LogP contribution in [0.5, 0.6) is 0 Å². The van der Waals surface area contributed by atoms with Gasteiger partial charge >= 0.3 is 0 Å². The topological polar surface area (TPSA) is 90.7 Å². The summed E-state index contributed by atoms with van der Waals surface area (Å²) in [5.74, 6) is -0.0112. The van der Waals surface area contributed by atoms with Crippen LogP contribution in [-0.2, 0) is 16.1 Å². The fourth-order valence-electron chi connectivity index (χ4n) is 4.63. The van der Waals surface area contributed by atoms with Crippen LogP contribution in [0.2, 0.25) is 0 Å². The molecule has 3 aromatic carbocycles. The van der Waals surface area contributed by atoms with Gasteiger partial charge in [-0.2, -0.15) is 0 Å². The number of nitrogens with two attached hydrogens (primary N) is 1. The highest BCUT2D eigenvalue weighted by Crippen LogP contribution is 2.38. The molecule has 1 fully saturated rings. The van der Waals surface area contributed by atoms with Crippen molar-refractivity contribution in [3.8, 4) is 0 Å². The standard InChI is InChI=1S/C28H29N5O2/c1-19(34)33-15-13-32(14-16-33)18-20-7-10-23(11-8-20)30-27(21-5-3-2-4-6-21)26-24-17-22(29)9-12-25(24)31-28(26)35/h2-12,17,30H,13-16,18,29H2,1H3,(H,31,35)/b27-26-. The van der Waals surface area contributed by atoms with E-state index in [0.717, 1.165) is 60.9 Å². The van der Waals surface area contributed by atoms with Gasteiger partial charge in [-0.25, -0.2) is 0 Å². The molecule has 0 unspecified atom stereocenters. The number of nitrogens with zero attached hydrogens (tertiary/aromatic N) is 2. The number of nitrogens with one attached hydrogen (secondary N) is 2. The molecule has 7 heteroatoms. The minimum absolute atomic E-state index is 0.143. The Labute approximate surface area is 205 Å². The lowest BCUT2D eigenvalue weighted by molar-refractivity contribution is -0.130. The number of piperazine rings is 1. The molecule has 0 atom stereocenters. The van der Waals surface area contributed by atoms with E-state index in [4.69, 9.17) is 5.73 Å². The largest absolute Gasteiger partial charge is 0.399 e. The first-order valence-electron chi connectivity index (χ1n) is 11.8. The van der Waals surface area contributed by atoms with Gasteiger partial charge in [-0.05, 0) is 41.5 Å². The molecule has 0 spiro atoms. The van der Waals surface area contributed by atoms with Crippen LogP contribution < -0.4 is 16.4 Å². The zero-order chi connectivity index (χ0) is 24.4. The number of carbonyl (C=O) groups excluding carboxylic acids is 2. The molecule has 1 saturated heterocycles. The summed E-state index contributed by atoms with van der Waals surface area (Å²) in [5.41, 5.74) is 12.5. The third kappa shape index (κ3) is 4.90. The van der Waals surface area contributed by atoms with Gasteiger partial charge in [0.1, 0.15) is 0 Å². The zero-order valence-electron chi connectivity index (χ0n) is 19.8. The Bertz CT molecular complexity index is 1280. The lowest BCUT2D eigenvalue weighted by Gasteiger charge is -2.34. The van der Waals surface area contributed by atoms with Crippen LogP contribution in [-0.4, -0.2) is 47.8 Å². The smallest absolute Gasteiger partial charge is 0.258 e. The summed E-state index contributed by atoms with van der Waals surface area (Å²) in [6.45, 7) is 5.77. The van der Waals surface area contributed by atoms with Gasteiger partial charge in [0, 0.05) is 62.3 Å². The summed E-state index contributed by atoms with van der Waals surface area (Å²) in [7, 11) is 0. The number of hydrogen-bond acceptors (Lipinski definition) is 5. The van der Waals surface area contributed by atoms with Crippen LogP contribution in [0, 0.1) is 0 Å². The molecule has 2 aliphatic heterocycles. The fraction of sp³-hybridized carbons (Fsp3) is 0.214. The normalized spacial score (nSPS) is 17.1. The predicted molar refractivity (Wildman–Crippen MR) is 140 cm³/mol. The molecule has 178 valence electrons. The number of hydrogen-bond donors (Lipinski definition) is 3. The van der Waals surface area contributed by atoms with Crippen LogP contribution in [0.3, 0.4) is 0 Å². The van der Waals surface area contributed by atoms with Crippen molar-refractivity contribution in [1.82, 2.24) is 9.80 Å². The van der Waals surface area contributed by atoms with Crippen molar-refractivity contribution in [2.45, 2.75) is 13.5 Å². The Morgan fingerprint density at radius 1 is 0.971 bits per heavy atom. The van der Waals surface area contributed by atoms with Crippen LogP contribution in [0.15, 0.2) is 72.8 Å². The fourth-order valence-corrected chi connectivity index (χ4v) is 4.63. The van der Waals surface area contributed by atoms with Crippen molar-refractivity contribution in [2.75, 3.05) is 42.5 Å². The number of benzene rings is 3. The maximum absolute atomic E-state index is 13.0. The highest BCUT2D eigenvalue weighted by molar-refractivity contribution is 6.37. The van der Waals surface area contributed by atoms with Gasteiger partial charge in [0.2, 0.25) is 5.91 Å². The summed E-state index contributed by atoms with van der Waals surface area (Å²) in [5, 5.41) is 6.45. The summed E-state index contributed by atoms with van der Waals surface area (Å²) in [6, 6.07) is 23.6. The molecule has 2 aliphatic rings. The minimum Gasteiger partial charge on any atom is -0.399 e. The van der Waals surface area contributed by atoms with Gasteiger partial charge in [0.25, 0.3) is 5.91 Å². The first kappa shape index (κ1) is 22.7. The van der Waals surface area contributed by atoms with Gasteiger partial charge in [-0.3, -0.25) is 14.5 Å². The number of nitrogen functional groups attached to an aromatic ring is 1. The number of rotatable bonds is 5. The second-order valence-corrected chi connectivity index (χ2v) is 8.98. The van der Waals surface area contributed by atoms with E-state index >= 15 is 0 Å². The van der Waals surface area contributed by atoms with Crippen molar-refractivity contribution in [2.24, 2.45) is 0 Å². The van der Waals surface area contributed by atoms with E-state index < -0.39 is 0 Å². The Morgan fingerprint density at radius 3 is 2.37 bits per heavy atom. The number of amides is 2. The van der Waals surface area contributed by atoms with Gasteiger partial charge in [0.05, 0.1) is 11.3 Å². The quantitative estimate of drug-likeness (QED) is 0.392. The van der Waals surface area contributed by atoms with Crippen molar-refractivity contribution in [3.05, 3.63) is 89.5 Å². The first-order valence-corrected chi connectivity index (χ1v) is 11.8. The molecular weight excluding hydrogens is 438 g/mol. The Morgan fingerprint density at radius 2 is 1.69 bits per heavy atom. The van der Waals surface area contributed by atoms with E-state index in [0.29, 0.717) is 11.3 Å². The Kier molecular flexibility index (Phi) is 6.25. The highest BCUT2D eigenvalue weighted by Gasteiger charge is 2.28. The molecule has 0 bridgehead atoms. The Balaban J connectivity index is 1.39. The van der Waals surface area contributed by atoms with Gasteiger partial charge in [0.15, 0.2) is 0 Å². The second-order valence-electron chi connectivity index (χ2n) is 8.98. The Hall–Kier alpha value is -4.10. The van der Waals surface area contributed by atoms with E-state index in [-0.39, 0.29) is 11.8 Å². The van der Waals surface area contributed by atoms with Crippen molar-refractivity contribution >= 4 is 40.1 Å². The molecular formula is C28H29N5O2. The molecule has 5 rings (SSSR count). The van der Waals surface area contributed by atoms with Gasteiger partial charge in [-0.1, -0.05) is 42.5 Å². The summed E-state index contributed by atoms with van der Waals surface area (Å²) < 4.78 is 0. The molecule has 4 N–H and O–H groups in total. The molecule has 0 saturated carbocycles. The van der Waals surface area contributed by atoms with E-state index in [1.165, 1.54) is 5.56 Å². The predicted octanol–water partition coefficient (Wildman–Crippen LogP) is 3.87. The third-order valence-electron chi connectivity index (χ3n) is 6.55. The molecule has 0 aromatic heterocycles.